The molecule has 1 heterocycles. The van der Waals surface area contributed by atoms with Crippen LogP contribution in [-0.4, -0.2) is 28.6 Å². The number of ether oxygens (including phenoxy) is 1. The Hall–Kier alpha value is -0.280. The maximum atomic E-state index is 11.4. The second-order valence-electron chi connectivity index (χ2n) is 3.43. The van der Waals surface area contributed by atoms with E-state index < -0.39 is 5.60 Å². The maximum absolute atomic E-state index is 11.4. The van der Waals surface area contributed by atoms with Gasteiger partial charge >= 0.3 is 5.97 Å². The van der Waals surface area contributed by atoms with Gasteiger partial charge in [-0.15, -0.1) is 6.42 Å². The molecule has 1 saturated heterocycles. The molecule has 0 aromatic rings. The lowest BCUT2D eigenvalue weighted by Crippen LogP contribution is -2.45. The summed E-state index contributed by atoms with van der Waals surface area (Å²) < 4.78 is 5.22. The predicted octanol–water partition coefficient (Wildman–Crippen LogP) is 1.11. The molecule has 0 aromatic heterocycles. The molecule has 14 heavy (non-hydrogen) atoms. The molecular formula is C10H14INO2. The maximum Gasteiger partial charge on any atom is 0.320 e. The fourth-order valence-corrected chi connectivity index (χ4v) is 1.51. The van der Waals surface area contributed by atoms with Crippen molar-refractivity contribution in [3.8, 4) is 12.3 Å². The normalized spacial score (nSPS) is 22.1. The van der Waals surface area contributed by atoms with Gasteiger partial charge in [-0.25, -0.2) is 0 Å². The number of hydrogen-bond acceptors (Lipinski definition) is 3. The third-order valence-electron chi connectivity index (χ3n) is 2.30. The Labute approximate surface area is 98.1 Å². The zero-order valence-electron chi connectivity index (χ0n) is 8.18. The van der Waals surface area contributed by atoms with Gasteiger partial charge in [0, 0.05) is 12.8 Å². The molecule has 3 nitrogen and oxygen atoms in total. The zero-order valence-corrected chi connectivity index (χ0v) is 10.3. The molecule has 0 radical (unpaired) electrons. The van der Waals surface area contributed by atoms with Gasteiger partial charge in [-0.1, -0.05) is 28.5 Å². The van der Waals surface area contributed by atoms with Crippen LogP contribution in [0.1, 0.15) is 19.8 Å². The van der Waals surface area contributed by atoms with Crippen molar-refractivity contribution in [3.63, 3.8) is 0 Å². The van der Waals surface area contributed by atoms with Gasteiger partial charge in [-0.05, 0) is 20.0 Å². The summed E-state index contributed by atoms with van der Waals surface area (Å²) in [6.07, 6.45) is 6.84. The molecule has 0 aromatic carbocycles. The number of halogens is 1. The molecule has 1 aliphatic heterocycles. The van der Waals surface area contributed by atoms with Crippen molar-refractivity contribution in [2.75, 3.05) is 13.1 Å². The average molecular weight is 307 g/mol. The largest absolute Gasteiger partial charge is 0.445 e. The first kappa shape index (κ1) is 11.8. The van der Waals surface area contributed by atoms with Gasteiger partial charge in [0.05, 0.1) is 0 Å². The first-order valence-corrected chi connectivity index (χ1v) is 5.90. The summed E-state index contributed by atoms with van der Waals surface area (Å²) in [7, 11) is 0. The number of hydrogen-bond donors (Lipinski definition) is 1. The molecular weight excluding hydrogens is 293 g/mol. The van der Waals surface area contributed by atoms with Crippen LogP contribution in [0.25, 0.3) is 0 Å². The Morgan fingerprint density at radius 2 is 2.21 bits per heavy atom. The summed E-state index contributed by atoms with van der Waals surface area (Å²) in [5.41, 5.74) is -0.665. The van der Waals surface area contributed by atoms with E-state index in [1.54, 1.807) is 6.92 Å². The number of rotatable bonds is 2. The molecule has 1 fully saturated rings. The van der Waals surface area contributed by atoms with Gasteiger partial charge in [-0.3, -0.25) is 4.79 Å². The van der Waals surface area contributed by atoms with E-state index in [0.29, 0.717) is 12.8 Å². The minimum atomic E-state index is -0.665. The molecule has 1 rings (SSSR count). The lowest BCUT2D eigenvalue weighted by atomic mass is 9.93. The van der Waals surface area contributed by atoms with Gasteiger partial charge in [-0.2, -0.15) is 0 Å². The lowest BCUT2D eigenvalue weighted by molar-refractivity contribution is -0.154. The number of nitrogens with one attached hydrogen (secondary N) is 1. The van der Waals surface area contributed by atoms with E-state index in [1.807, 2.05) is 22.6 Å². The SMILES string of the molecule is C#CC1(OC(=O)C(C)I)CCNCC1. The Morgan fingerprint density at radius 3 is 2.64 bits per heavy atom. The monoisotopic (exact) mass is 307 g/mol. The summed E-state index contributed by atoms with van der Waals surface area (Å²) in [4.78, 5) is 11.4. The van der Waals surface area contributed by atoms with Gasteiger partial charge in [0.25, 0.3) is 0 Å². The van der Waals surface area contributed by atoms with Gasteiger partial charge < -0.3 is 10.1 Å². The number of terminal acetylenes is 1. The molecule has 4 heteroatoms. The molecule has 78 valence electrons. The second kappa shape index (κ2) is 4.99. The van der Waals surface area contributed by atoms with E-state index in [-0.39, 0.29) is 9.89 Å². The molecule has 0 aliphatic carbocycles. The summed E-state index contributed by atoms with van der Waals surface area (Å²) >= 11 is 2.03. The van der Waals surface area contributed by atoms with Crippen LogP contribution in [0.5, 0.6) is 0 Å². The third-order valence-corrected chi connectivity index (χ3v) is 2.80. The van der Waals surface area contributed by atoms with Gasteiger partial charge in [0.1, 0.15) is 3.92 Å². The zero-order chi connectivity index (χ0) is 10.6. The standard InChI is InChI=1S/C10H14INO2/c1-3-10(4-6-12-7-5-10)14-9(13)8(2)11/h1,8,12H,4-7H2,2H3. The molecule has 0 amide bonds. The highest BCUT2D eigenvalue weighted by Crippen LogP contribution is 2.23. The fourth-order valence-electron chi connectivity index (χ4n) is 1.38. The van der Waals surface area contributed by atoms with Crippen molar-refractivity contribution >= 4 is 28.6 Å². The lowest BCUT2D eigenvalue weighted by Gasteiger charge is -2.32. The number of alkyl halides is 1. The first-order valence-electron chi connectivity index (χ1n) is 4.65. The summed E-state index contributed by atoms with van der Waals surface area (Å²) in [6, 6.07) is 0. The minimum Gasteiger partial charge on any atom is -0.445 e. The smallest absolute Gasteiger partial charge is 0.320 e. The molecule has 1 aliphatic rings. The van der Waals surface area contributed by atoms with Crippen LogP contribution in [0.4, 0.5) is 0 Å². The van der Waals surface area contributed by atoms with Crippen molar-refractivity contribution in [1.82, 2.24) is 5.32 Å². The molecule has 0 spiro atoms. The topological polar surface area (TPSA) is 38.3 Å². The molecule has 0 saturated carbocycles. The van der Waals surface area contributed by atoms with Gasteiger partial charge in [0.2, 0.25) is 0 Å². The van der Waals surface area contributed by atoms with E-state index in [1.165, 1.54) is 0 Å². The van der Waals surface area contributed by atoms with Crippen LogP contribution >= 0.6 is 22.6 Å². The number of esters is 1. The average Bonchev–Trinajstić information content (AvgIpc) is 2.19. The Bertz CT molecular complexity index is 251. The Morgan fingerprint density at radius 1 is 1.64 bits per heavy atom. The van der Waals surface area contributed by atoms with E-state index in [9.17, 15) is 4.79 Å². The van der Waals surface area contributed by atoms with Crippen LogP contribution in [0, 0.1) is 12.3 Å². The number of carbonyl (C=O) groups excluding carboxylic acids is 1. The van der Waals surface area contributed by atoms with Crippen LogP contribution in [0.3, 0.4) is 0 Å². The van der Waals surface area contributed by atoms with Crippen LogP contribution in [0.2, 0.25) is 0 Å². The highest BCUT2D eigenvalue weighted by atomic mass is 127. The second-order valence-corrected chi connectivity index (χ2v) is 5.29. The molecule has 0 bridgehead atoms. The van der Waals surface area contributed by atoms with Crippen LogP contribution in [0.15, 0.2) is 0 Å². The highest BCUT2D eigenvalue weighted by molar-refractivity contribution is 14.1. The van der Waals surface area contributed by atoms with Crippen molar-refractivity contribution in [3.05, 3.63) is 0 Å². The molecule has 1 atom stereocenters. The van der Waals surface area contributed by atoms with Crippen LogP contribution < -0.4 is 5.32 Å². The van der Waals surface area contributed by atoms with Crippen molar-refractivity contribution in [2.45, 2.75) is 29.3 Å². The van der Waals surface area contributed by atoms with Crippen molar-refractivity contribution in [2.24, 2.45) is 0 Å². The van der Waals surface area contributed by atoms with Crippen molar-refractivity contribution in [1.29, 1.82) is 0 Å². The van der Waals surface area contributed by atoms with Crippen molar-refractivity contribution < 1.29 is 9.53 Å². The quantitative estimate of drug-likeness (QED) is 0.359. The molecule has 1 N–H and O–H groups in total. The fraction of sp³-hybridized carbons (Fsp3) is 0.700. The number of piperidine rings is 1. The van der Waals surface area contributed by atoms with Gasteiger partial charge in [0.15, 0.2) is 5.60 Å². The van der Waals surface area contributed by atoms with Crippen LogP contribution in [-0.2, 0) is 9.53 Å². The van der Waals surface area contributed by atoms with E-state index in [0.717, 1.165) is 13.1 Å². The minimum absolute atomic E-state index is 0.146. The van der Waals surface area contributed by atoms with E-state index >= 15 is 0 Å². The summed E-state index contributed by atoms with van der Waals surface area (Å²) in [6.45, 7) is 3.43. The highest BCUT2D eigenvalue weighted by Gasteiger charge is 2.34. The summed E-state index contributed by atoms with van der Waals surface area (Å²) in [5.74, 6) is 2.40. The predicted molar refractivity (Wildman–Crippen MR) is 63.2 cm³/mol. The number of carbonyl (C=O) groups is 1. The summed E-state index contributed by atoms with van der Waals surface area (Å²) in [5, 5.41) is 3.19. The Balaban J connectivity index is 2.62. The third kappa shape index (κ3) is 2.85. The first-order chi connectivity index (χ1) is 6.59. The molecule has 1 unspecified atom stereocenters. The van der Waals surface area contributed by atoms with E-state index in [4.69, 9.17) is 11.2 Å². The van der Waals surface area contributed by atoms with E-state index in [2.05, 4.69) is 11.2 Å². The Kier molecular flexibility index (Phi) is 4.20.